The first-order valence-electron chi connectivity index (χ1n) is 6.91. The molecule has 3 nitrogen and oxygen atoms in total. The number of pyridine rings is 1. The van der Waals surface area contributed by atoms with Gasteiger partial charge < -0.3 is 10.1 Å². The zero-order chi connectivity index (χ0) is 15.1. The van der Waals surface area contributed by atoms with Gasteiger partial charge in [-0.05, 0) is 48.9 Å². The molecule has 0 saturated carbocycles. The Hall–Kier alpha value is -1.46. The van der Waals surface area contributed by atoms with E-state index in [9.17, 15) is 4.39 Å². The number of hydrogen-bond donors (Lipinski definition) is 1. The summed E-state index contributed by atoms with van der Waals surface area (Å²) in [6, 6.07) is 8.52. The van der Waals surface area contributed by atoms with Gasteiger partial charge >= 0.3 is 0 Å². The standard InChI is InChI=1S/C16H18BrFN2O/c1-2-5-19-9-15-3-4-16(10-20-15)21-11-12-6-13(17)8-14(18)7-12/h3-4,6-8,10,19H,2,5,9,11H2,1H3. The molecule has 21 heavy (non-hydrogen) atoms. The van der Waals surface area contributed by atoms with E-state index in [2.05, 4.69) is 33.2 Å². The fourth-order valence-corrected chi connectivity index (χ4v) is 2.37. The van der Waals surface area contributed by atoms with E-state index in [4.69, 9.17) is 4.74 Å². The molecule has 1 N–H and O–H groups in total. The van der Waals surface area contributed by atoms with Crippen LogP contribution in [0.2, 0.25) is 0 Å². The summed E-state index contributed by atoms with van der Waals surface area (Å²) in [5, 5.41) is 3.29. The lowest BCUT2D eigenvalue weighted by Crippen LogP contribution is -2.14. The van der Waals surface area contributed by atoms with Gasteiger partial charge in [-0.2, -0.15) is 0 Å². The van der Waals surface area contributed by atoms with E-state index in [0.717, 1.165) is 30.8 Å². The Labute approximate surface area is 132 Å². The lowest BCUT2D eigenvalue weighted by molar-refractivity contribution is 0.304. The van der Waals surface area contributed by atoms with Crippen LogP contribution < -0.4 is 10.1 Å². The summed E-state index contributed by atoms with van der Waals surface area (Å²) in [4.78, 5) is 4.33. The van der Waals surface area contributed by atoms with Crippen molar-refractivity contribution in [3.8, 4) is 5.75 Å². The molecule has 0 atom stereocenters. The Morgan fingerprint density at radius 2 is 2.14 bits per heavy atom. The van der Waals surface area contributed by atoms with Gasteiger partial charge in [0, 0.05) is 11.0 Å². The lowest BCUT2D eigenvalue weighted by Gasteiger charge is -2.08. The third-order valence-corrected chi connectivity index (χ3v) is 3.32. The first-order valence-corrected chi connectivity index (χ1v) is 7.70. The highest BCUT2D eigenvalue weighted by Gasteiger charge is 2.01. The van der Waals surface area contributed by atoms with Gasteiger partial charge in [0.15, 0.2) is 0 Å². The number of hydrogen-bond acceptors (Lipinski definition) is 3. The summed E-state index contributed by atoms with van der Waals surface area (Å²) < 4.78 is 19.6. The Kier molecular flexibility index (Phi) is 6.14. The van der Waals surface area contributed by atoms with E-state index in [0.29, 0.717) is 16.8 Å². The molecule has 1 aromatic carbocycles. The van der Waals surface area contributed by atoms with Crippen molar-refractivity contribution < 1.29 is 9.13 Å². The highest BCUT2D eigenvalue weighted by Crippen LogP contribution is 2.17. The molecule has 0 spiro atoms. The molecular weight excluding hydrogens is 335 g/mol. The fourth-order valence-electron chi connectivity index (χ4n) is 1.86. The van der Waals surface area contributed by atoms with Crippen LogP contribution in [-0.4, -0.2) is 11.5 Å². The summed E-state index contributed by atoms with van der Waals surface area (Å²) in [6.45, 7) is 4.17. The first kappa shape index (κ1) is 15.9. The van der Waals surface area contributed by atoms with Crippen LogP contribution in [0.3, 0.4) is 0 Å². The van der Waals surface area contributed by atoms with Crippen molar-refractivity contribution in [1.29, 1.82) is 0 Å². The summed E-state index contributed by atoms with van der Waals surface area (Å²) in [7, 11) is 0. The molecule has 0 bridgehead atoms. The molecule has 2 rings (SSSR count). The van der Waals surface area contributed by atoms with Gasteiger partial charge in [-0.25, -0.2) is 4.39 Å². The van der Waals surface area contributed by atoms with Crippen LogP contribution in [0.1, 0.15) is 24.6 Å². The third-order valence-electron chi connectivity index (χ3n) is 2.86. The van der Waals surface area contributed by atoms with Gasteiger partial charge in [0.25, 0.3) is 0 Å². The van der Waals surface area contributed by atoms with E-state index in [-0.39, 0.29) is 5.82 Å². The molecule has 1 heterocycles. The monoisotopic (exact) mass is 352 g/mol. The summed E-state index contributed by atoms with van der Waals surface area (Å²) in [5.41, 5.74) is 1.75. The maximum Gasteiger partial charge on any atom is 0.138 e. The van der Waals surface area contributed by atoms with Crippen LogP contribution in [-0.2, 0) is 13.2 Å². The van der Waals surface area contributed by atoms with Crippen molar-refractivity contribution in [3.05, 3.63) is 58.1 Å². The maximum atomic E-state index is 13.2. The van der Waals surface area contributed by atoms with Gasteiger partial charge in [-0.15, -0.1) is 0 Å². The Balaban J connectivity index is 1.88. The molecule has 0 aliphatic carbocycles. The molecule has 1 aromatic heterocycles. The first-order chi connectivity index (χ1) is 10.2. The third kappa shape index (κ3) is 5.44. The predicted octanol–water partition coefficient (Wildman–Crippen LogP) is 4.06. The van der Waals surface area contributed by atoms with Gasteiger partial charge in [-0.1, -0.05) is 22.9 Å². The molecule has 0 fully saturated rings. The number of nitrogens with zero attached hydrogens (tertiary/aromatic N) is 1. The van der Waals surface area contributed by atoms with E-state index in [1.165, 1.54) is 12.1 Å². The minimum absolute atomic E-state index is 0.279. The summed E-state index contributed by atoms with van der Waals surface area (Å²) in [6.07, 6.45) is 2.79. The minimum atomic E-state index is -0.279. The van der Waals surface area contributed by atoms with Gasteiger partial charge in [0.1, 0.15) is 18.2 Å². The molecule has 112 valence electrons. The van der Waals surface area contributed by atoms with Crippen LogP contribution in [0.25, 0.3) is 0 Å². The number of ether oxygens (including phenoxy) is 1. The molecule has 0 amide bonds. The van der Waals surface area contributed by atoms with Crippen LogP contribution in [0, 0.1) is 5.82 Å². The highest BCUT2D eigenvalue weighted by atomic mass is 79.9. The smallest absolute Gasteiger partial charge is 0.138 e. The van der Waals surface area contributed by atoms with Crippen molar-refractivity contribution in [1.82, 2.24) is 10.3 Å². The highest BCUT2D eigenvalue weighted by molar-refractivity contribution is 9.10. The predicted molar refractivity (Wildman–Crippen MR) is 84.7 cm³/mol. The molecule has 0 aliphatic rings. The van der Waals surface area contributed by atoms with Gasteiger partial charge in [0.05, 0.1) is 11.9 Å². The van der Waals surface area contributed by atoms with E-state index in [1.54, 1.807) is 6.20 Å². The van der Waals surface area contributed by atoms with Crippen molar-refractivity contribution in [2.24, 2.45) is 0 Å². The van der Waals surface area contributed by atoms with Crippen LogP contribution in [0.15, 0.2) is 41.0 Å². The van der Waals surface area contributed by atoms with Crippen molar-refractivity contribution in [3.63, 3.8) is 0 Å². The lowest BCUT2D eigenvalue weighted by atomic mass is 10.2. The van der Waals surface area contributed by atoms with Gasteiger partial charge in [-0.3, -0.25) is 4.98 Å². The van der Waals surface area contributed by atoms with Crippen LogP contribution in [0.5, 0.6) is 5.75 Å². The minimum Gasteiger partial charge on any atom is -0.487 e. The number of benzene rings is 1. The molecule has 0 unspecified atom stereocenters. The molecular formula is C16H18BrFN2O. The second kappa shape index (κ2) is 8.10. The van der Waals surface area contributed by atoms with E-state index < -0.39 is 0 Å². The summed E-state index contributed by atoms with van der Waals surface area (Å²) in [5.74, 6) is 0.396. The Bertz CT molecular complexity index is 555. The molecule has 2 aromatic rings. The zero-order valence-electron chi connectivity index (χ0n) is 11.9. The number of halogens is 2. The van der Waals surface area contributed by atoms with Gasteiger partial charge in [0.2, 0.25) is 0 Å². The topological polar surface area (TPSA) is 34.1 Å². The van der Waals surface area contributed by atoms with E-state index in [1.807, 2.05) is 18.2 Å². The van der Waals surface area contributed by atoms with Crippen molar-refractivity contribution in [2.45, 2.75) is 26.5 Å². The molecule has 0 aliphatic heterocycles. The van der Waals surface area contributed by atoms with E-state index >= 15 is 0 Å². The molecule has 0 saturated heterocycles. The molecule has 5 heteroatoms. The summed E-state index contributed by atoms with van der Waals surface area (Å²) >= 11 is 3.26. The maximum absolute atomic E-state index is 13.2. The largest absolute Gasteiger partial charge is 0.487 e. The second-order valence-corrected chi connectivity index (χ2v) is 5.64. The fraction of sp³-hybridized carbons (Fsp3) is 0.312. The molecule has 0 radical (unpaired) electrons. The normalized spacial score (nSPS) is 10.6. The zero-order valence-corrected chi connectivity index (χ0v) is 13.5. The van der Waals surface area contributed by atoms with Crippen molar-refractivity contribution in [2.75, 3.05) is 6.54 Å². The average molecular weight is 353 g/mol. The second-order valence-electron chi connectivity index (χ2n) is 4.73. The van der Waals surface area contributed by atoms with Crippen molar-refractivity contribution >= 4 is 15.9 Å². The Morgan fingerprint density at radius 3 is 2.81 bits per heavy atom. The number of nitrogens with one attached hydrogen (secondary N) is 1. The van der Waals surface area contributed by atoms with Crippen LogP contribution >= 0.6 is 15.9 Å². The number of rotatable bonds is 7. The quantitative estimate of drug-likeness (QED) is 0.763. The average Bonchev–Trinajstić information content (AvgIpc) is 2.46. The Morgan fingerprint density at radius 1 is 1.29 bits per heavy atom. The SMILES string of the molecule is CCCNCc1ccc(OCc2cc(F)cc(Br)c2)cn1. The van der Waals surface area contributed by atoms with Crippen LogP contribution in [0.4, 0.5) is 4.39 Å². The number of aromatic nitrogens is 1.